The Morgan fingerprint density at radius 3 is 0.919 bits per heavy atom. The molecule has 0 aliphatic carbocycles. The van der Waals surface area contributed by atoms with Crippen LogP contribution in [0.4, 0.5) is 0 Å². The van der Waals surface area contributed by atoms with Gasteiger partial charge < -0.3 is 18.3 Å². The van der Waals surface area contributed by atoms with E-state index in [-0.39, 0.29) is 21.7 Å². The van der Waals surface area contributed by atoms with E-state index >= 15 is 0 Å². The highest BCUT2D eigenvalue weighted by molar-refractivity contribution is 6.19. The Bertz CT molecular complexity index is 6080. The maximum absolute atomic E-state index is 6.14. The van der Waals surface area contributed by atoms with Gasteiger partial charge in [-0.3, -0.25) is 4.98 Å². The van der Waals surface area contributed by atoms with Gasteiger partial charge in [-0.05, 0) is 142 Å². The maximum atomic E-state index is 6.14. The van der Waals surface area contributed by atoms with Crippen LogP contribution in [0.15, 0.2) is 255 Å². The fourth-order valence-corrected chi connectivity index (χ4v) is 15.5. The summed E-state index contributed by atoms with van der Waals surface area (Å²) in [4.78, 5) is 17.7. The summed E-state index contributed by atoms with van der Waals surface area (Å²) >= 11 is 0. The molecule has 7 nitrogen and oxygen atoms in total. The van der Waals surface area contributed by atoms with Crippen molar-refractivity contribution in [2.75, 3.05) is 0 Å². The smallest absolute Gasteiger partial charge is 0.160 e. The van der Waals surface area contributed by atoms with Crippen molar-refractivity contribution >= 4 is 87.2 Å². The average molecular weight is 1280 g/mol. The van der Waals surface area contributed by atoms with Crippen LogP contribution >= 0.6 is 0 Å². The summed E-state index contributed by atoms with van der Waals surface area (Å²) < 4.78 is 10.5. The molecule has 0 amide bonds. The van der Waals surface area contributed by atoms with Crippen LogP contribution in [0.1, 0.15) is 111 Å². The molecule has 6 heterocycles. The van der Waals surface area contributed by atoms with E-state index in [1.807, 2.05) is 0 Å². The second-order valence-electron chi connectivity index (χ2n) is 31.3. The molecule has 0 aliphatic rings. The predicted octanol–water partition coefficient (Wildman–Crippen LogP) is 24.4. The number of fused-ring (bicyclic) bond motifs is 12. The number of nitrogens with zero attached hydrogens (tertiary/aromatic N) is 7. The van der Waals surface area contributed by atoms with Crippen LogP contribution in [0.5, 0.6) is 0 Å². The molecule has 0 spiro atoms. The summed E-state index contributed by atoms with van der Waals surface area (Å²) in [5.41, 5.74) is 23.8. The fourth-order valence-electron chi connectivity index (χ4n) is 15.5. The molecule has 0 bridgehead atoms. The standard InChI is InChI=1S/C92H81N7/c1-56-29-28-38-71(93-56)82-84(96-74-39-24-20-34-63(74)67-51-59(89(2,3)4)43-47-78(67)96)83(73-55-72(57-30-16-14-17-31-57)94-88(95-73)58-32-18-15-19-33-58)86(98-76-41-26-22-36-65(76)69-53-61(91(8,9)10)45-49-80(69)98)87(99-77-42-27-23-37-66(77)70-54-62(92(11,12)13)46-50-81(70)99)85(82)97-75-40-25-21-35-64(75)68-52-60(90(5,6)7)44-48-79(68)97/h14-55H,1-13H3. The molecular formula is C92H81N7. The third-order valence-corrected chi connectivity index (χ3v) is 20.7. The van der Waals surface area contributed by atoms with Gasteiger partial charge in [0.15, 0.2) is 5.82 Å². The first-order valence-corrected chi connectivity index (χ1v) is 34.9. The third kappa shape index (κ3) is 9.94. The van der Waals surface area contributed by atoms with Gasteiger partial charge in [0.05, 0.1) is 95.1 Å². The van der Waals surface area contributed by atoms with Gasteiger partial charge >= 0.3 is 0 Å². The first kappa shape index (κ1) is 61.4. The molecule has 0 aliphatic heterocycles. The van der Waals surface area contributed by atoms with E-state index in [1.165, 1.54) is 33.0 Å². The average Bonchev–Trinajstić information content (AvgIpc) is 1.58. The molecule has 0 saturated carbocycles. The zero-order valence-corrected chi connectivity index (χ0v) is 58.9. The first-order chi connectivity index (χ1) is 47.6. The molecule has 0 fully saturated rings. The first-order valence-electron chi connectivity index (χ1n) is 34.9. The molecule has 11 aromatic carbocycles. The predicted molar refractivity (Wildman–Crippen MR) is 418 cm³/mol. The number of aromatic nitrogens is 7. The van der Waals surface area contributed by atoms with E-state index in [0.29, 0.717) is 5.82 Å². The minimum Gasteiger partial charge on any atom is -0.308 e. The zero-order valence-electron chi connectivity index (χ0n) is 58.9. The quantitative estimate of drug-likeness (QED) is 0.152. The van der Waals surface area contributed by atoms with Gasteiger partial charge in [-0.2, -0.15) is 0 Å². The summed E-state index contributed by atoms with van der Waals surface area (Å²) in [7, 11) is 0. The number of pyridine rings is 1. The molecule has 99 heavy (non-hydrogen) atoms. The Balaban J connectivity index is 1.26. The summed E-state index contributed by atoms with van der Waals surface area (Å²) in [6.45, 7) is 30.0. The van der Waals surface area contributed by atoms with Crippen molar-refractivity contribution in [2.45, 2.75) is 112 Å². The normalized spacial score (nSPS) is 12.7. The second-order valence-corrected chi connectivity index (χ2v) is 31.3. The van der Waals surface area contributed by atoms with Crippen LogP contribution in [-0.4, -0.2) is 33.2 Å². The molecule has 0 radical (unpaired) electrons. The van der Waals surface area contributed by atoms with Crippen molar-refractivity contribution in [1.29, 1.82) is 0 Å². The van der Waals surface area contributed by atoms with Gasteiger partial charge in [-0.15, -0.1) is 0 Å². The minimum absolute atomic E-state index is 0.141. The van der Waals surface area contributed by atoms with Crippen molar-refractivity contribution in [2.24, 2.45) is 0 Å². The van der Waals surface area contributed by atoms with Crippen molar-refractivity contribution in [3.05, 3.63) is 283 Å². The molecule has 484 valence electrons. The number of hydrogen-bond donors (Lipinski definition) is 0. The fraction of sp³-hybridized carbons (Fsp3) is 0.185. The molecule has 6 aromatic heterocycles. The monoisotopic (exact) mass is 1280 g/mol. The number of aryl methyl sites for hydroxylation is 1. The Kier molecular flexibility index (Phi) is 13.9. The molecule has 0 saturated heterocycles. The van der Waals surface area contributed by atoms with Gasteiger partial charge in [0.2, 0.25) is 0 Å². The molecule has 7 heteroatoms. The lowest BCUT2D eigenvalue weighted by atomic mass is 9.86. The maximum Gasteiger partial charge on any atom is 0.160 e. The highest BCUT2D eigenvalue weighted by Crippen LogP contribution is 2.55. The van der Waals surface area contributed by atoms with Gasteiger partial charge in [0.25, 0.3) is 0 Å². The summed E-state index contributed by atoms with van der Waals surface area (Å²) in [6.07, 6.45) is 0. The summed E-state index contributed by atoms with van der Waals surface area (Å²) in [5.74, 6) is 0.613. The molecule has 17 aromatic rings. The van der Waals surface area contributed by atoms with Crippen LogP contribution in [0, 0.1) is 6.92 Å². The van der Waals surface area contributed by atoms with Crippen molar-refractivity contribution in [3.8, 4) is 67.9 Å². The Morgan fingerprint density at radius 2 is 0.545 bits per heavy atom. The van der Waals surface area contributed by atoms with Crippen molar-refractivity contribution in [3.63, 3.8) is 0 Å². The molecular weight excluding hydrogens is 1200 g/mol. The van der Waals surface area contributed by atoms with Gasteiger partial charge in [-0.25, -0.2) is 9.97 Å². The van der Waals surface area contributed by atoms with Gasteiger partial charge in [0, 0.05) is 59.9 Å². The number of benzene rings is 11. The summed E-state index contributed by atoms with van der Waals surface area (Å²) in [5, 5.41) is 9.27. The van der Waals surface area contributed by atoms with Crippen LogP contribution in [-0.2, 0) is 21.7 Å². The molecule has 17 rings (SSSR count). The minimum atomic E-state index is -0.152. The SMILES string of the molecule is Cc1cccc(-c2c(-n3c4ccccc4c4cc(C(C)(C)C)ccc43)c(-c3cc(-c4ccccc4)nc(-c4ccccc4)n3)c(-n3c4ccccc4c4cc(C(C)(C)C)ccc43)c(-n3c4ccccc4c4cc(C(C)(C)C)ccc43)c2-n2c3ccccc3c3cc(C(C)(C)C)ccc32)n1. The highest BCUT2D eigenvalue weighted by atomic mass is 15.1. The highest BCUT2D eigenvalue weighted by Gasteiger charge is 2.38. The topological polar surface area (TPSA) is 58.4 Å². The zero-order chi connectivity index (χ0) is 68.2. The lowest BCUT2D eigenvalue weighted by Crippen LogP contribution is -2.17. The van der Waals surface area contributed by atoms with Crippen LogP contribution in [0.3, 0.4) is 0 Å². The van der Waals surface area contributed by atoms with Crippen molar-refractivity contribution < 1.29 is 0 Å². The lowest BCUT2D eigenvalue weighted by molar-refractivity contribution is 0.591. The van der Waals surface area contributed by atoms with E-state index in [0.717, 1.165) is 144 Å². The van der Waals surface area contributed by atoms with Crippen LogP contribution in [0.25, 0.3) is 155 Å². The summed E-state index contributed by atoms with van der Waals surface area (Å²) in [6, 6.07) is 95.2. The largest absolute Gasteiger partial charge is 0.308 e. The Hall–Kier alpha value is -11.2. The number of hydrogen-bond acceptors (Lipinski definition) is 3. The number of para-hydroxylation sites is 4. The number of rotatable bonds is 8. The molecule has 0 atom stereocenters. The van der Waals surface area contributed by atoms with E-state index < -0.39 is 0 Å². The lowest BCUT2D eigenvalue weighted by Gasteiger charge is -2.31. The van der Waals surface area contributed by atoms with E-state index in [1.54, 1.807) is 0 Å². The van der Waals surface area contributed by atoms with E-state index in [4.69, 9.17) is 15.0 Å². The van der Waals surface area contributed by atoms with Crippen LogP contribution in [0.2, 0.25) is 0 Å². The Morgan fingerprint density at radius 1 is 0.232 bits per heavy atom. The van der Waals surface area contributed by atoms with Gasteiger partial charge in [-0.1, -0.05) is 247 Å². The Labute approximate surface area is 579 Å². The molecule has 0 N–H and O–H groups in total. The van der Waals surface area contributed by atoms with Gasteiger partial charge in [0.1, 0.15) is 0 Å². The molecule has 0 unspecified atom stereocenters. The van der Waals surface area contributed by atoms with Crippen molar-refractivity contribution in [1.82, 2.24) is 33.2 Å². The van der Waals surface area contributed by atoms with Crippen LogP contribution < -0.4 is 0 Å². The van der Waals surface area contributed by atoms with E-state index in [2.05, 4.69) is 363 Å². The second kappa shape index (κ2) is 22.5. The van der Waals surface area contributed by atoms with E-state index in [9.17, 15) is 0 Å². The third-order valence-electron chi connectivity index (χ3n) is 20.7.